The van der Waals surface area contributed by atoms with Gasteiger partial charge in [-0.2, -0.15) is 0 Å². The van der Waals surface area contributed by atoms with Crippen molar-refractivity contribution < 1.29 is 38.0 Å². The van der Waals surface area contributed by atoms with Crippen LogP contribution in [0.3, 0.4) is 0 Å². The van der Waals surface area contributed by atoms with Crippen molar-refractivity contribution in [2.75, 3.05) is 99.5 Å². The third kappa shape index (κ3) is 16.9. The number of carbonyl (C=O) groups is 1. The SMILES string of the molecule is COCCOCCOCCOCCOCCOCCOCCNC(=O)Cn1c(I)c(I)c(I)c1I. The van der Waals surface area contributed by atoms with Crippen LogP contribution < -0.4 is 5.32 Å². The number of halogens is 4. The van der Waals surface area contributed by atoms with Crippen molar-refractivity contribution >= 4 is 96.3 Å². The van der Waals surface area contributed by atoms with E-state index in [-0.39, 0.29) is 5.91 Å². The number of rotatable bonds is 23. The molecule has 1 aromatic heterocycles. The molecule has 0 radical (unpaired) electrons. The van der Waals surface area contributed by atoms with E-state index in [0.717, 1.165) is 7.40 Å². The number of amides is 1. The van der Waals surface area contributed by atoms with E-state index in [0.29, 0.717) is 99.0 Å². The number of carbonyl (C=O) groups excluding carboxylic acids is 1. The molecule has 0 atom stereocenters. The van der Waals surface area contributed by atoms with Gasteiger partial charge in [0.25, 0.3) is 0 Å². The molecule has 1 heterocycles. The van der Waals surface area contributed by atoms with E-state index in [4.69, 9.17) is 33.2 Å². The topological polar surface area (TPSA) is 98.6 Å². The number of nitrogens with zero attached hydrogens (tertiary/aromatic N) is 1. The average Bonchev–Trinajstić information content (AvgIpc) is 3.02. The van der Waals surface area contributed by atoms with Gasteiger partial charge < -0.3 is 43.0 Å². The molecule has 204 valence electrons. The average molecular weight is 950 g/mol. The second-order valence-electron chi connectivity index (χ2n) is 6.81. The number of hydrogen-bond donors (Lipinski definition) is 1. The summed E-state index contributed by atoms with van der Waals surface area (Å²) in [6.45, 7) is 7.55. The molecular weight excluding hydrogens is 916 g/mol. The van der Waals surface area contributed by atoms with Crippen LogP contribution >= 0.6 is 90.4 Å². The van der Waals surface area contributed by atoms with Crippen molar-refractivity contribution in [1.82, 2.24) is 9.88 Å². The van der Waals surface area contributed by atoms with Gasteiger partial charge in [0.05, 0.1) is 100 Å². The van der Waals surface area contributed by atoms with Gasteiger partial charge in [0.15, 0.2) is 0 Å². The molecule has 0 spiro atoms. The lowest BCUT2D eigenvalue weighted by atomic mass is 10.5. The molecule has 1 N–H and O–H groups in total. The maximum Gasteiger partial charge on any atom is 0.240 e. The lowest BCUT2D eigenvalue weighted by Crippen LogP contribution is -2.31. The van der Waals surface area contributed by atoms with Gasteiger partial charge in [-0.1, -0.05) is 0 Å². The van der Waals surface area contributed by atoms with Crippen LogP contribution in [0.4, 0.5) is 0 Å². The molecule has 1 aromatic rings. The first-order valence-electron chi connectivity index (χ1n) is 11.1. The van der Waals surface area contributed by atoms with Gasteiger partial charge in [0.1, 0.15) is 6.54 Å². The van der Waals surface area contributed by atoms with Gasteiger partial charge in [0, 0.05) is 13.7 Å². The molecule has 1 rings (SSSR count). The number of ether oxygens (including phenoxy) is 7. The Hall–Kier alpha value is 1.39. The molecule has 0 aliphatic heterocycles. The predicted octanol–water partition coefficient (Wildman–Crippen LogP) is 2.77. The minimum atomic E-state index is -0.0274. The van der Waals surface area contributed by atoms with Crippen LogP contribution in [0, 0.1) is 14.5 Å². The highest BCUT2D eigenvalue weighted by molar-refractivity contribution is 14.1. The molecule has 0 aromatic carbocycles. The van der Waals surface area contributed by atoms with Crippen molar-refractivity contribution in [2.24, 2.45) is 0 Å². The van der Waals surface area contributed by atoms with Gasteiger partial charge in [-0.05, 0) is 90.4 Å². The van der Waals surface area contributed by atoms with E-state index in [2.05, 4.69) is 95.7 Å². The summed E-state index contributed by atoms with van der Waals surface area (Å²) in [5.74, 6) is -0.0274. The molecular formula is C21H34I4N2O8. The van der Waals surface area contributed by atoms with E-state index < -0.39 is 0 Å². The van der Waals surface area contributed by atoms with E-state index in [1.54, 1.807) is 7.11 Å². The second kappa shape index (κ2) is 23.3. The Morgan fingerprint density at radius 2 is 0.971 bits per heavy atom. The molecule has 14 heteroatoms. The van der Waals surface area contributed by atoms with Crippen molar-refractivity contribution in [2.45, 2.75) is 6.54 Å². The normalized spacial score (nSPS) is 11.3. The summed E-state index contributed by atoms with van der Waals surface area (Å²) in [5, 5.41) is 2.89. The van der Waals surface area contributed by atoms with Crippen LogP contribution in [0.2, 0.25) is 0 Å². The number of methoxy groups -OCH3 is 1. The third-order valence-corrected chi connectivity index (χ3v) is 11.6. The Labute approximate surface area is 262 Å². The predicted molar refractivity (Wildman–Crippen MR) is 165 cm³/mol. The van der Waals surface area contributed by atoms with Crippen LogP contribution in [0.1, 0.15) is 0 Å². The smallest absolute Gasteiger partial charge is 0.240 e. The first kappa shape index (κ1) is 34.4. The highest BCUT2D eigenvalue weighted by atomic mass is 127. The number of nitrogens with one attached hydrogen (secondary N) is 1. The fraction of sp³-hybridized carbons (Fsp3) is 0.762. The molecule has 1 amide bonds. The van der Waals surface area contributed by atoms with Crippen LogP contribution in [0.5, 0.6) is 0 Å². The fourth-order valence-electron chi connectivity index (χ4n) is 2.45. The molecule has 0 aliphatic carbocycles. The standard InChI is InChI=1S/C21H34I4N2O8/c1-29-4-5-31-8-9-33-12-13-35-15-14-34-11-10-32-7-6-30-3-2-26-17(28)16-27-20(24)18(22)19(23)21(27)25/h2-16H2,1H3,(H,26,28). The Morgan fingerprint density at radius 1 is 0.629 bits per heavy atom. The van der Waals surface area contributed by atoms with Crippen LogP contribution in [-0.2, 0) is 44.5 Å². The van der Waals surface area contributed by atoms with Crippen molar-refractivity contribution in [3.05, 3.63) is 14.5 Å². The number of aromatic nitrogens is 1. The van der Waals surface area contributed by atoms with Crippen molar-refractivity contribution in [3.8, 4) is 0 Å². The van der Waals surface area contributed by atoms with Gasteiger partial charge in [-0.15, -0.1) is 0 Å². The summed E-state index contributed by atoms with van der Waals surface area (Å²) in [6.07, 6.45) is 0. The number of hydrogen-bond acceptors (Lipinski definition) is 8. The lowest BCUT2D eigenvalue weighted by Gasteiger charge is -2.10. The summed E-state index contributed by atoms with van der Waals surface area (Å²) in [7, 11) is 1.64. The van der Waals surface area contributed by atoms with E-state index in [1.165, 1.54) is 7.14 Å². The summed E-state index contributed by atoms with van der Waals surface area (Å²) >= 11 is 9.16. The largest absolute Gasteiger partial charge is 0.382 e. The zero-order valence-electron chi connectivity index (χ0n) is 19.8. The van der Waals surface area contributed by atoms with Crippen LogP contribution in [-0.4, -0.2) is 110 Å². The molecule has 10 nitrogen and oxygen atoms in total. The molecule has 0 unspecified atom stereocenters. The van der Waals surface area contributed by atoms with E-state index >= 15 is 0 Å². The Kier molecular flexibility index (Phi) is 22.9. The molecule has 0 fully saturated rings. The van der Waals surface area contributed by atoms with Crippen molar-refractivity contribution in [3.63, 3.8) is 0 Å². The lowest BCUT2D eigenvalue weighted by molar-refractivity contribution is -0.122. The van der Waals surface area contributed by atoms with Gasteiger partial charge in [0.2, 0.25) is 5.91 Å². The third-order valence-electron chi connectivity index (χ3n) is 4.19. The molecule has 0 bridgehead atoms. The molecule has 0 aliphatic rings. The van der Waals surface area contributed by atoms with E-state index in [1.807, 2.05) is 4.57 Å². The highest BCUT2D eigenvalue weighted by Gasteiger charge is 2.17. The first-order chi connectivity index (χ1) is 17.0. The summed E-state index contributed by atoms with van der Waals surface area (Å²) in [5.41, 5.74) is 0. The van der Waals surface area contributed by atoms with Crippen LogP contribution in [0.25, 0.3) is 0 Å². The van der Waals surface area contributed by atoms with Crippen LogP contribution in [0.15, 0.2) is 0 Å². The van der Waals surface area contributed by atoms with E-state index in [9.17, 15) is 4.79 Å². The van der Waals surface area contributed by atoms with Gasteiger partial charge in [-0.25, -0.2) is 0 Å². The second-order valence-corrected chi connectivity index (χ2v) is 11.0. The Bertz CT molecular complexity index is 671. The summed E-state index contributed by atoms with van der Waals surface area (Å²) < 4.78 is 43.9. The minimum absolute atomic E-state index is 0.0274. The zero-order valence-corrected chi connectivity index (χ0v) is 28.5. The highest BCUT2D eigenvalue weighted by Crippen LogP contribution is 2.28. The molecule has 0 saturated carbocycles. The monoisotopic (exact) mass is 950 g/mol. The zero-order chi connectivity index (χ0) is 25.7. The Morgan fingerprint density at radius 3 is 1.34 bits per heavy atom. The fourth-order valence-corrected chi connectivity index (χ4v) is 6.40. The van der Waals surface area contributed by atoms with Gasteiger partial charge in [-0.3, -0.25) is 4.79 Å². The summed E-state index contributed by atoms with van der Waals surface area (Å²) in [6, 6.07) is 0. The maximum atomic E-state index is 12.2. The van der Waals surface area contributed by atoms with Crippen molar-refractivity contribution in [1.29, 1.82) is 0 Å². The first-order valence-corrected chi connectivity index (χ1v) is 15.4. The molecule has 35 heavy (non-hydrogen) atoms. The quantitative estimate of drug-likeness (QED) is 0.132. The maximum absolute atomic E-state index is 12.2. The molecule has 0 saturated heterocycles. The Balaban J connectivity index is 1.81. The summed E-state index contributed by atoms with van der Waals surface area (Å²) in [4.78, 5) is 12.2. The van der Waals surface area contributed by atoms with Gasteiger partial charge >= 0.3 is 0 Å². The minimum Gasteiger partial charge on any atom is -0.382 e.